The number of carbonyl (C=O) groups is 1. The second-order valence-electron chi connectivity index (χ2n) is 4.32. The Hall–Kier alpha value is -1.77. The maximum absolute atomic E-state index is 10.6. The van der Waals surface area contributed by atoms with E-state index in [1.165, 1.54) is 11.6 Å². The number of allylic oxidation sites excluding steroid dienone is 1. The summed E-state index contributed by atoms with van der Waals surface area (Å²) in [6.07, 6.45) is 4.04. The van der Waals surface area contributed by atoms with Crippen molar-refractivity contribution in [3.05, 3.63) is 41.5 Å². The van der Waals surface area contributed by atoms with Crippen LogP contribution in [0.25, 0.3) is 0 Å². The van der Waals surface area contributed by atoms with E-state index < -0.39 is 5.97 Å². The third kappa shape index (κ3) is 2.67. The maximum Gasteiger partial charge on any atom is 0.328 e. The fourth-order valence-corrected chi connectivity index (χ4v) is 2.46. The number of carboxylic acid groups (broad SMARTS) is 1. The molecule has 0 radical (unpaired) electrons. The zero-order valence-corrected chi connectivity index (χ0v) is 9.85. The van der Waals surface area contributed by atoms with E-state index in [1.807, 2.05) is 18.2 Å². The van der Waals surface area contributed by atoms with Gasteiger partial charge in [-0.15, -0.1) is 0 Å². The molecule has 0 aliphatic heterocycles. The van der Waals surface area contributed by atoms with Gasteiger partial charge in [-0.1, -0.05) is 23.8 Å². The quantitative estimate of drug-likeness (QED) is 0.815. The molecule has 0 bridgehead atoms. The largest absolute Gasteiger partial charge is 0.496 e. The summed E-state index contributed by atoms with van der Waals surface area (Å²) in [5, 5.41) is 8.73. The smallest absolute Gasteiger partial charge is 0.328 e. The SMILES string of the molecule is COc1ccccc1C1CC/C(=C\C(=O)O)C1. The van der Waals surface area contributed by atoms with Crippen molar-refractivity contribution < 1.29 is 14.6 Å². The Kier molecular flexibility index (Phi) is 3.47. The summed E-state index contributed by atoms with van der Waals surface area (Å²) in [5.41, 5.74) is 2.21. The monoisotopic (exact) mass is 232 g/mol. The minimum atomic E-state index is -0.847. The van der Waals surface area contributed by atoms with Crippen molar-refractivity contribution in [2.75, 3.05) is 7.11 Å². The van der Waals surface area contributed by atoms with Crippen molar-refractivity contribution in [1.29, 1.82) is 0 Å². The van der Waals surface area contributed by atoms with Gasteiger partial charge in [-0.2, -0.15) is 0 Å². The van der Waals surface area contributed by atoms with Crippen LogP contribution < -0.4 is 4.74 Å². The van der Waals surface area contributed by atoms with Gasteiger partial charge in [0.1, 0.15) is 5.75 Å². The van der Waals surface area contributed by atoms with E-state index >= 15 is 0 Å². The molecule has 1 N–H and O–H groups in total. The fourth-order valence-electron chi connectivity index (χ4n) is 2.46. The number of hydrogen-bond acceptors (Lipinski definition) is 2. The molecule has 1 aliphatic carbocycles. The van der Waals surface area contributed by atoms with Gasteiger partial charge in [0.2, 0.25) is 0 Å². The molecule has 3 heteroatoms. The van der Waals surface area contributed by atoms with Gasteiger partial charge < -0.3 is 9.84 Å². The number of rotatable bonds is 3. The lowest BCUT2D eigenvalue weighted by Crippen LogP contribution is -1.97. The van der Waals surface area contributed by atoms with E-state index in [9.17, 15) is 4.79 Å². The Bertz CT molecular complexity index is 449. The summed E-state index contributed by atoms with van der Waals surface area (Å²) in [5.74, 6) is 0.437. The van der Waals surface area contributed by atoms with E-state index in [0.29, 0.717) is 5.92 Å². The van der Waals surface area contributed by atoms with Crippen LogP contribution in [0.2, 0.25) is 0 Å². The molecule has 17 heavy (non-hydrogen) atoms. The van der Waals surface area contributed by atoms with E-state index in [4.69, 9.17) is 9.84 Å². The number of benzene rings is 1. The number of carboxylic acids is 1. The molecule has 2 rings (SSSR count). The van der Waals surface area contributed by atoms with Crippen LogP contribution >= 0.6 is 0 Å². The zero-order valence-electron chi connectivity index (χ0n) is 9.85. The van der Waals surface area contributed by atoms with Crippen LogP contribution in [0.1, 0.15) is 30.7 Å². The van der Waals surface area contributed by atoms with Crippen molar-refractivity contribution in [3.8, 4) is 5.75 Å². The molecule has 0 amide bonds. The highest BCUT2D eigenvalue weighted by molar-refractivity contribution is 5.80. The molecule has 1 saturated carbocycles. The van der Waals surface area contributed by atoms with E-state index in [0.717, 1.165) is 30.6 Å². The first-order valence-electron chi connectivity index (χ1n) is 5.76. The summed E-state index contributed by atoms with van der Waals surface area (Å²) in [6.45, 7) is 0. The molecule has 1 aromatic carbocycles. The number of hydrogen-bond donors (Lipinski definition) is 1. The van der Waals surface area contributed by atoms with Gasteiger partial charge in [0.05, 0.1) is 7.11 Å². The van der Waals surface area contributed by atoms with E-state index in [-0.39, 0.29) is 0 Å². The lowest BCUT2D eigenvalue weighted by atomic mass is 9.96. The van der Waals surface area contributed by atoms with Crippen LogP contribution in [0.5, 0.6) is 5.75 Å². The lowest BCUT2D eigenvalue weighted by Gasteiger charge is -2.13. The first kappa shape index (κ1) is 11.7. The Morgan fingerprint density at radius 3 is 2.94 bits per heavy atom. The van der Waals surface area contributed by atoms with Crippen LogP contribution in [0.4, 0.5) is 0 Å². The Morgan fingerprint density at radius 2 is 2.24 bits per heavy atom. The van der Waals surface area contributed by atoms with E-state index in [2.05, 4.69) is 6.07 Å². The van der Waals surface area contributed by atoms with Crippen molar-refractivity contribution in [2.45, 2.75) is 25.2 Å². The molecular weight excluding hydrogens is 216 g/mol. The third-order valence-corrected chi connectivity index (χ3v) is 3.23. The highest BCUT2D eigenvalue weighted by Gasteiger charge is 2.23. The van der Waals surface area contributed by atoms with Crippen LogP contribution in [0.3, 0.4) is 0 Å². The van der Waals surface area contributed by atoms with Gasteiger partial charge in [-0.3, -0.25) is 0 Å². The molecule has 1 atom stereocenters. The second-order valence-corrected chi connectivity index (χ2v) is 4.32. The summed E-state index contributed by atoms with van der Waals surface area (Å²) < 4.78 is 5.34. The minimum absolute atomic E-state index is 0.386. The highest BCUT2D eigenvalue weighted by atomic mass is 16.5. The summed E-state index contributed by atoms with van der Waals surface area (Å²) >= 11 is 0. The standard InChI is InChI=1S/C14H16O3/c1-17-13-5-3-2-4-12(13)11-7-6-10(8-11)9-14(15)16/h2-5,9,11H,6-8H2,1H3,(H,15,16)/b10-9+. The topological polar surface area (TPSA) is 46.5 Å². The van der Waals surface area contributed by atoms with Crippen molar-refractivity contribution in [3.63, 3.8) is 0 Å². The minimum Gasteiger partial charge on any atom is -0.496 e. The van der Waals surface area contributed by atoms with Gasteiger partial charge in [-0.05, 0) is 36.8 Å². The average Bonchev–Trinajstić information content (AvgIpc) is 2.76. The number of methoxy groups -OCH3 is 1. The Labute approximate surface area is 101 Å². The highest BCUT2D eigenvalue weighted by Crippen LogP contribution is 2.41. The lowest BCUT2D eigenvalue weighted by molar-refractivity contribution is -0.131. The van der Waals surface area contributed by atoms with Gasteiger partial charge in [0.15, 0.2) is 0 Å². The number of para-hydroxylation sites is 1. The summed E-state index contributed by atoms with van der Waals surface area (Å²) in [6, 6.07) is 7.96. The number of ether oxygens (including phenoxy) is 1. The first-order valence-corrected chi connectivity index (χ1v) is 5.76. The first-order chi connectivity index (χ1) is 8.20. The predicted octanol–water partition coefficient (Wildman–Crippen LogP) is 2.97. The summed E-state index contributed by atoms with van der Waals surface area (Å²) in [7, 11) is 1.67. The van der Waals surface area contributed by atoms with Crippen LogP contribution in [0.15, 0.2) is 35.9 Å². The number of aliphatic carboxylic acids is 1. The van der Waals surface area contributed by atoms with Gasteiger partial charge in [-0.25, -0.2) is 4.79 Å². The molecule has 0 spiro atoms. The normalized spacial score (nSPS) is 21.7. The molecular formula is C14H16O3. The maximum atomic E-state index is 10.6. The molecule has 1 aromatic rings. The second kappa shape index (κ2) is 5.04. The van der Waals surface area contributed by atoms with Gasteiger partial charge in [0, 0.05) is 6.08 Å². The fraction of sp³-hybridized carbons (Fsp3) is 0.357. The zero-order chi connectivity index (χ0) is 12.3. The van der Waals surface area contributed by atoms with Crippen LogP contribution in [-0.2, 0) is 4.79 Å². The van der Waals surface area contributed by atoms with Crippen molar-refractivity contribution in [1.82, 2.24) is 0 Å². The van der Waals surface area contributed by atoms with Crippen LogP contribution in [0, 0.1) is 0 Å². The Balaban J connectivity index is 2.18. The molecule has 90 valence electrons. The Morgan fingerprint density at radius 1 is 1.47 bits per heavy atom. The molecule has 1 fully saturated rings. The average molecular weight is 232 g/mol. The van der Waals surface area contributed by atoms with Gasteiger partial charge in [0.25, 0.3) is 0 Å². The molecule has 1 aliphatic rings. The molecule has 3 nitrogen and oxygen atoms in total. The van der Waals surface area contributed by atoms with Crippen LogP contribution in [-0.4, -0.2) is 18.2 Å². The summed E-state index contributed by atoms with van der Waals surface area (Å²) in [4.78, 5) is 10.6. The van der Waals surface area contributed by atoms with Gasteiger partial charge >= 0.3 is 5.97 Å². The molecule has 0 saturated heterocycles. The molecule has 0 heterocycles. The predicted molar refractivity (Wildman–Crippen MR) is 65.3 cm³/mol. The van der Waals surface area contributed by atoms with Crippen molar-refractivity contribution >= 4 is 5.97 Å². The molecule has 1 unspecified atom stereocenters. The van der Waals surface area contributed by atoms with E-state index in [1.54, 1.807) is 7.11 Å². The van der Waals surface area contributed by atoms with Crippen molar-refractivity contribution in [2.24, 2.45) is 0 Å². The third-order valence-electron chi connectivity index (χ3n) is 3.23. The molecule has 0 aromatic heterocycles.